The molecule has 3 rings (SSSR count). The van der Waals surface area contributed by atoms with Gasteiger partial charge in [0.25, 0.3) is 5.56 Å². The van der Waals surface area contributed by atoms with E-state index >= 15 is 0 Å². The zero-order valence-electron chi connectivity index (χ0n) is 11.1. The number of nitrogens with one attached hydrogen (secondary N) is 1. The van der Waals surface area contributed by atoms with Gasteiger partial charge in [-0.1, -0.05) is 48.5 Å². The van der Waals surface area contributed by atoms with Crippen molar-refractivity contribution in [3.63, 3.8) is 0 Å². The van der Waals surface area contributed by atoms with Crippen molar-refractivity contribution in [1.29, 1.82) is 0 Å². The van der Waals surface area contributed by atoms with E-state index in [0.717, 1.165) is 0 Å². The molecule has 0 spiro atoms. The molecule has 0 saturated carbocycles. The normalized spacial score (nSPS) is 10.5. The van der Waals surface area contributed by atoms with Gasteiger partial charge < -0.3 is 5.73 Å². The van der Waals surface area contributed by atoms with Crippen LogP contribution < -0.4 is 11.3 Å². The van der Waals surface area contributed by atoms with Crippen molar-refractivity contribution in [3.05, 3.63) is 82.1 Å². The first-order chi connectivity index (χ1) is 10.2. The number of hydrogen-bond acceptors (Lipinski definition) is 3. The van der Waals surface area contributed by atoms with E-state index in [4.69, 9.17) is 5.73 Å². The molecular weight excluding hydrogens is 266 g/mol. The molecule has 5 nitrogen and oxygen atoms in total. The predicted molar refractivity (Wildman–Crippen MR) is 80.7 cm³/mol. The van der Waals surface area contributed by atoms with E-state index in [-0.39, 0.29) is 17.2 Å². The molecule has 1 aromatic heterocycles. The zero-order chi connectivity index (χ0) is 14.8. The first-order valence-electron chi connectivity index (χ1n) is 6.44. The smallest absolute Gasteiger partial charge is 0.284 e. The summed E-state index contributed by atoms with van der Waals surface area (Å²) in [4.78, 5) is 24.9. The highest BCUT2D eigenvalue weighted by Gasteiger charge is 2.21. The van der Waals surface area contributed by atoms with Crippen LogP contribution in [-0.4, -0.2) is 15.6 Å². The number of carbonyl (C=O) groups excluding carboxylic acids is 1. The summed E-state index contributed by atoms with van der Waals surface area (Å²) < 4.78 is 1.27. The number of aromatic nitrogens is 2. The van der Waals surface area contributed by atoms with Crippen LogP contribution in [0.15, 0.2) is 65.5 Å². The molecule has 0 unspecified atom stereocenters. The van der Waals surface area contributed by atoms with Gasteiger partial charge in [-0.15, -0.1) is 0 Å². The van der Waals surface area contributed by atoms with Crippen LogP contribution >= 0.6 is 0 Å². The maximum atomic E-state index is 12.4. The Morgan fingerprint density at radius 2 is 1.52 bits per heavy atom. The van der Waals surface area contributed by atoms with E-state index in [0.29, 0.717) is 11.3 Å². The molecule has 0 atom stereocenters. The molecule has 0 saturated heterocycles. The SMILES string of the molecule is Nc1[nH]n(-c2ccccc2)c(=O)c1C(=O)c1ccccc1. The summed E-state index contributed by atoms with van der Waals surface area (Å²) in [5.74, 6) is -0.318. The van der Waals surface area contributed by atoms with Gasteiger partial charge >= 0.3 is 0 Å². The molecule has 0 aliphatic rings. The highest BCUT2D eigenvalue weighted by Crippen LogP contribution is 2.13. The van der Waals surface area contributed by atoms with Gasteiger partial charge in [0.2, 0.25) is 5.78 Å². The summed E-state index contributed by atoms with van der Waals surface area (Å²) in [6.45, 7) is 0. The average Bonchev–Trinajstić information content (AvgIpc) is 2.83. The topological polar surface area (TPSA) is 80.9 Å². The van der Waals surface area contributed by atoms with Gasteiger partial charge in [0.15, 0.2) is 0 Å². The Morgan fingerprint density at radius 3 is 2.14 bits per heavy atom. The lowest BCUT2D eigenvalue weighted by atomic mass is 10.1. The first kappa shape index (κ1) is 12.9. The molecule has 0 aliphatic heterocycles. The van der Waals surface area contributed by atoms with Gasteiger partial charge in [-0.05, 0) is 12.1 Å². The fourth-order valence-electron chi connectivity index (χ4n) is 2.17. The summed E-state index contributed by atoms with van der Waals surface area (Å²) in [5, 5.41) is 2.74. The molecule has 2 aromatic carbocycles. The lowest BCUT2D eigenvalue weighted by molar-refractivity contribution is 0.103. The summed E-state index contributed by atoms with van der Waals surface area (Å²) in [7, 11) is 0. The van der Waals surface area contributed by atoms with Crippen LogP contribution in [0.1, 0.15) is 15.9 Å². The van der Waals surface area contributed by atoms with Crippen LogP contribution in [-0.2, 0) is 0 Å². The fraction of sp³-hybridized carbons (Fsp3) is 0. The second-order valence-electron chi connectivity index (χ2n) is 4.57. The van der Waals surface area contributed by atoms with Crippen molar-refractivity contribution in [2.45, 2.75) is 0 Å². The minimum atomic E-state index is -0.451. The third kappa shape index (κ3) is 2.25. The Balaban J connectivity index is 2.12. The van der Waals surface area contributed by atoms with E-state index in [1.807, 2.05) is 6.07 Å². The Kier molecular flexibility index (Phi) is 3.16. The molecule has 0 amide bonds. The molecule has 104 valence electrons. The van der Waals surface area contributed by atoms with Crippen molar-refractivity contribution in [3.8, 4) is 5.69 Å². The van der Waals surface area contributed by atoms with Crippen LogP contribution in [0.25, 0.3) is 5.69 Å². The number of rotatable bonds is 3. The molecule has 3 aromatic rings. The average molecular weight is 279 g/mol. The Bertz CT molecular complexity index is 833. The summed E-state index contributed by atoms with van der Waals surface area (Å²) in [6, 6.07) is 17.6. The Hall–Kier alpha value is -3.08. The monoisotopic (exact) mass is 279 g/mol. The molecule has 0 aliphatic carbocycles. The van der Waals surface area contributed by atoms with Gasteiger partial charge in [-0.3, -0.25) is 14.7 Å². The lowest BCUT2D eigenvalue weighted by Gasteiger charge is -1.99. The van der Waals surface area contributed by atoms with Crippen LogP contribution in [0.2, 0.25) is 0 Å². The second kappa shape index (κ2) is 5.13. The molecule has 0 bridgehead atoms. The number of nitrogens with zero attached hydrogens (tertiary/aromatic N) is 1. The number of anilines is 1. The third-order valence-electron chi connectivity index (χ3n) is 3.20. The Labute approximate surface area is 120 Å². The highest BCUT2D eigenvalue weighted by molar-refractivity contribution is 6.11. The van der Waals surface area contributed by atoms with Crippen LogP contribution in [0.5, 0.6) is 0 Å². The second-order valence-corrected chi connectivity index (χ2v) is 4.57. The molecule has 0 radical (unpaired) electrons. The number of nitrogen functional groups attached to an aromatic ring is 1. The summed E-state index contributed by atoms with van der Waals surface area (Å²) >= 11 is 0. The van der Waals surface area contributed by atoms with Crippen LogP contribution in [0, 0.1) is 0 Å². The number of para-hydroxylation sites is 1. The standard InChI is InChI=1S/C16H13N3O2/c17-15-13(14(20)11-7-3-1-4-8-11)16(21)19(18-15)12-9-5-2-6-10-12/h1-10,18H,17H2. The third-order valence-corrected chi connectivity index (χ3v) is 3.20. The fourth-order valence-corrected chi connectivity index (χ4v) is 2.17. The van der Waals surface area contributed by atoms with E-state index in [1.165, 1.54) is 4.68 Å². The van der Waals surface area contributed by atoms with E-state index in [1.54, 1.807) is 54.6 Å². The van der Waals surface area contributed by atoms with Crippen molar-refractivity contribution < 1.29 is 4.79 Å². The van der Waals surface area contributed by atoms with Gasteiger partial charge in [-0.25, -0.2) is 4.68 Å². The van der Waals surface area contributed by atoms with Gasteiger partial charge in [0.1, 0.15) is 11.4 Å². The van der Waals surface area contributed by atoms with Crippen molar-refractivity contribution in [2.24, 2.45) is 0 Å². The lowest BCUT2D eigenvalue weighted by Crippen LogP contribution is -2.20. The maximum Gasteiger partial charge on any atom is 0.284 e. The highest BCUT2D eigenvalue weighted by atomic mass is 16.2. The zero-order valence-corrected chi connectivity index (χ0v) is 11.1. The molecule has 1 heterocycles. The van der Waals surface area contributed by atoms with Crippen molar-refractivity contribution >= 4 is 11.6 Å². The number of ketones is 1. The number of aromatic amines is 1. The number of carbonyl (C=O) groups is 1. The minimum Gasteiger partial charge on any atom is -0.383 e. The quantitative estimate of drug-likeness (QED) is 0.719. The van der Waals surface area contributed by atoms with Crippen LogP contribution in [0.4, 0.5) is 5.82 Å². The number of benzene rings is 2. The Morgan fingerprint density at radius 1 is 0.952 bits per heavy atom. The molecule has 0 fully saturated rings. The molecule has 3 N–H and O–H groups in total. The van der Waals surface area contributed by atoms with Gasteiger partial charge in [-0.2, -0.15) is 0 Å². The van der Waals surface area contributed by atoms with E-state index in [2.05, 4.69) is 5.10 Å². The van der Waals surface area contributed by atoms with E-state index < -0.39 is 5.56 Å². The molecule has 21 heavy (non-hydrogen) atoms. The van der Waals surface area contributed by atoms with E-state index in [9.17, 15) is 9.59 Å². The minimum absolute atomic E-state index is 0.0370. The first-order valence-corrected chi connectivity index (χ1v) is 6.44. The molecule has 5 heteroatoms. The molecular formula is C16H13N3O2. The van der Waals surface area contributed by atoms with Gasteiger partial charge in [0.05, 0.1) is 5.69 Å². The predicted octanol–water partition coefficient (Wildman–Crippen LogP) is 1.98. The number of hydrogen-bond donors (Lipinski definition) is 2. The summed E-state index contributed by atoms with van der Waals surface area (Å²) in [5.41, 5.74) is 6.39. The van der Waals surface area contributed by atoms with Crippen LogP contribution in [0.3, 0.4) is 0 Å². The largest absolute Gasteiger partial charge is 0.383 e. The number of H-pyrrole nitrogens is 1. The van der Waals surface area contributed by atoms with Crippen molar-refractivity contribution in [1.82, 2.24) is 9.78 Å². The number of nitrogens with two attached hydrogens (primary N) is 1. The summed E-state index contributed by atoms with van der Waals surface area (Å²) in [6.07, 6.45) is 0. The maximum absolute atomic E-state index is 12.4. The van der Waals surface area contributed by atoms with Crippen molar-refractivity contribution in [2.75, 3.05) is 5.73 Å². The van der Waals surface area contributed by atoms with Gasteiger partial charge in [0, 0.05) is 5.56 Å².